The lowest BCUT2D eigenvalue weighted by Crippen LogP contribution is -2.35. The van der Waals surface area contributed by atoms with E-state index in [1.54, 1.807) is 0 Å². The van der Waals surface area contributed by atoms with Gasteiger partial charge in [-0.2, -0.15) is 9.97 Å². The van der Waals surface area contributed by atoms with E-state index in [2.05, 4.69) is 9.97 Å². The van der Waals surface area contributed by atoms with E-state index in [9.17, 15) is 19.1 Å². The van der Waals surface area contributed by atoms with E-state index < -0.39 is 51.9 Å². The fourth-order valence-electron chi connectivity index (χ4n) is 5.42. The highest BCUT2D eigenvalue weighted by Gasteiger charge is 2.47. The lowest BCUT2D eigenvalue weighted by atomic mass is 10.1. The molecule has 2 aliphatic heterocycles. The number of halogens is 2. The fraction of sp³-hybridized carbons (Fsp3) is 0.412. The lowest BCUT2D eigenvalue weighted by Gasteiger charge is -2.21. The van der Waals surface area contributed by atoms with Crippen LogP contribution in [-0.2, 0) is 22.7 Å². The molecule has 50 heavy (non-hydrogen) atoms. The van der Waals surface area contributed by atoms with Crippen molar-refractivity contribution in [3.8, 4) is 0 Å². The van der Waals surface area contributed by atoms with Crippen LogP contribution in [-0.4, -0.2) is 77.6 Å². The summed E-state index contributed by atoms with van der Waals surface area (Å²) in [5.74, 6) is 0.170. The number of nitrogens with two attached hydrogens (primary N) is 2. The van der Waals surface area contributed by atoms with Crippen LogP contribution >= 0.6 is 23.5 Å². The highest BCUT2D eigenvalue weighted by Crippen LogP contribution is 2.45. The van der Waals surface area contributed by atoms with Crippen LogP contribution in [0.2, 0.25) is 0 Å². The third-order valence-corrected chi connectivity index (χ3v) is 11.3. The van der Waals surface area contributed by atoms with E-state index in [-0.39, 0.29) is 30.1 Å². The number of benzene rings is 2. The summed E-state index contributed by atoms with van der Waals surface area (Å²) in [6.07, 6.45) is -2.23. The zero-order valence-corrected chi connectivity index (χ0v) is 29.1. The molecule has 16 heteroatoms. The summed E-state index contributed by atoms with van der Waals surface area (Å²) in [5, 5.41) is 15.9. The highest BCUT2D eigenvalue weighted by molar-refractivity contribution is 8.00. The summed E-state index contributed by atoms with van der Waals surface area (Å²) in [6.45, 7) is 4.70. The van der Waals surface area contributed by atoms with Gasteiger partial charge in [0.05, 0.1) is 36.9 Å². The average molecular weight is 731 g/mol. The molecular weight excluding hydrogens is 691 g/mol. The molecule has 12 nitrogen and oxygen atoms in total. The summed E-state index contributed by atoms with van der Waals surface area (Å²) >= 11 is 2.34. The first-order valence-corrected chi connectivity index (χ1v) is 17.7. The Kier molecular flexibility index (Phi) is 12.7. The van der Waals surface area contributed by atoms with Crippen LogP contribution in [0.25, 0.3) is 0 Å². The second-order valence-corrected chi connectivity index (χ2v) is 14.8. The number of anilines is 2. The van der Waals surface area contributed by atoms with Gasteiger partial charge in [0.25, 0.3) is 0 Å². The standard InChI is InChI=1S/C25H28FN3O3S.C9H12FN3O3S/c1-16-3-7-18(8-4-16)13-31-15-20-23(32-14-19-9-5-17(2)6-10-19)22(26)24(33-20)29-12-11-21(27)28-25(29)30;10-6-7(15)4(3-14)17-8(6)13-2-1-5(11)12-9(13)16/h3-12,20,22-24H,13-15H2,1-2H3,(H2,27,28,30);1-2,4,6-8,14-15H,3H2,(H2,11,12,16)/t20-,22+,23-,24?;4-,6+,7-,8?/m11/s1. The van der Waals surface area contributed by atoms with Crippen molar-refractivity contribution in [3.63, 3.8) is 0 Å². The van der Waals surface area contributed by atoms with E-state index in [0.717, 1.165) is 33.0 Å². The van der Waals surface area contributed by atoms with Gasteiger partial charge < -0.3 is 31.2 Å². The number of rotatable bonds is 10. The van der Waals surface area contributed by atoms with Crippen LogP contribution in [0.5, 0.6) is 0 Å². The number of alkyl halides is 2. The van der Waals surface area contributed by atoms with Gasteiger partial charge in [0.1, 0.15) is 34.6 Å². The average Bonchev–Trinajstić information content (AvgIpc) is 3.55. The van der Waals surface area contributed by atoms with Gasteiger partial charge in [-0.05, 0) is 37.1 Å². The van der Waals surface area contributed by atoms with Crippen LogP contribution in [0.15, 0.2) is 82.6 Å². The number of hydrogen-bond acceptors (Lipinski definition) is 12. The molecule has 8 atom stereocenters. The Morgan fingerprint density at radius 3 is 1.72 bits per heavy atom. The summed E-state index contributed by atoms with van der Waals surface area (Å²) < 4.78 is 43.7. The molecule has 0 aliphatic carbocycles. The minimum absolute atomic E-state index is 0.0592. The second-order valence-electron chi connectivity index (χ2n) is 12.0. The molecule has 6 rings (SSSR count). The molecule has 2 fully saturated rings. The number of thioether (sulfide) groups is 2. The largest absolute Gasteiger partial charge is 0.395 e. The van der Waals surface area contributed by atoms with Crippen molar-refractivity contribution in [2.75, 3.05) is 24.7 Å². The Morgan fingerprint density at radius 1 is 0.760 bits per heavy atom. The smallest absolute Gasteiger partial charge is 0.350 e. The van der Waals surface area contributed by atoms with Crippen LogP contribution in [0.4, 0.5) is 20.4 Å². The van der Waals surface area contributed by atoms with Gasteiger partial charge in [-0.15, -0.1) is 23.5 Å². The van der Waals surface area contributed by atoms with E-state index in [1.807, 2.05) is 62.4 Å². The van der Waals surface area contributed by atoms with Gasteiger partial charge >= 0.3 is 11.4 Å². The predicted octanol–water partition coefficient (Wildman–Crippen LogP) is 3.33. The zero-order chi connectivity index (χ0) is 35.9. The van der Waals surface area contributed by atoms with Gasteiger partial charge in [-0.25, -0.2) is 18.4 Å². The maximum absolute atomic E-state index is 15.6. The molecule has 2 saturated heterocycles. The Hall–Kier alpha value is -3.80. The molecule has 4 aromatic rings. The normalized spacial score (nSPS) is 26.0. The van der Waals surface area contributed by atoms with Crippen molar-refractivity contribution in [1.82, 2.24) is 19.1 Å². The number of aryl methyl sites for hydroxylation is 2. The molecule has 0 spiro atoms. The summed E-state index contributed by atoms with van der Waals surface area (Å²) in [5.41, 5.74) is 14.0. The molecule has 0 radical (unpaired) electrons. The number of nitrogen functional groups attached to an aromatic ring is 2. The van der Waals surface area contributed by atoms with Crippen molar-refractivity contribution < 1.29 is 28.5 Å². The third-order valence-electron chi connectivity index (χ3n) is 8.23. The van der Waals surface area contributed by atoms with Crippen LogP contribution < -0.4 is 22.8 Å². The molecular formula is C34H40F2N6O6S2. The second kappa shape index (κ2) is 16.9. The van der Waals surface area contributed by atoms with E-state index in [1.165, 1.54) is 46.4 Å². The van der Waals surface area contributed by atoms with Gasteiger partial charge in [0, 0.05) is 12.4 Å². The molecule has 0 amide bonds. The fourth-order valence-corrected chi connectivity index (χ4v) is 8.29. The number of nitrogens with zero attached hydrogens (tertiary/aromatic N) is 4. The van der Waals surface area contributed by atoms with Gasteiger partial charge in [-0.3, -0.25) is 9.13 Å². The van der Waals surface area contributed by atoms with Crippen molar-refractivity contribution in [2.24, 2.45) is 0 Å². The number of ether oxygens (including phenoxy) is 2. The van der Waals surface area contributed by atoms with E-state index in [4.69, 9.17) is 26.0 Å². The SMILES string of the molecule is Cc1ccc(COC[C@H]2SC(n3ccc(N)nc3=O)[C@@H](F)[C@@H]2OCc2ccc(C)cc2)cc1.Nc1ccn(C2S[C@H](CO)[C@@H](O)[C@@H]2F)c(=O)n1. The molecule has 0 saturated carbocycles. The molecule has 6 N–H and O–H groups in total. The monoisotopic (exact) mass is 730 g/mol. The molecule has 2 aromatic carbocycles. The first kappa shape index (κ1) is 37.5. The Morgan fingerprint density at radius 2 is 1.24 bits per heavy atom. The number of aliphatic hydroxyl groups is 2. The maximum atomic E-state index is 15.6. The molecule has 268 valence electrons. The summed E-state index contributed by atoms with van der Waals surface area (Å²) in [4.78, 5) is 31.1. The Balaban J connectivity index is 0.000000240. The van der Waals surface area contributed by atoms with Crippen LogP contribution in [0.1, 0.15) is 33.0 Å². The molecule has 2 unspecified atom stereocenters. The maximum Gasteiger partial charge on any atom is 0.350 e. The lowest BCUT2D eigenvalue weighted by molar-refractivity contribution is -0.0262. The van der Waals surface area contributed by atoms with Gasteiger partial charge in [0.15, 0.2) is 12.3 Å². The van der Waals surface area contributed by atoms with E-state index >= 15 is 4.39 Å². The van der Waals surface area contributed by atoms with Crippen LogP contribution in [0, 0.1) is 13.8 Å². The number of hydrogen-bond donors (Lipinski definition) is 4. The minimum atomic E-state index is -1.62. The van der Waals surface area contributed by atoms with Crippen molar-refractivity contribution in [3.05, 3.63) is 116 Å². The first-order chi connectivity index (χ1) is 23.9. The quantitative estimate of drug-likeness (QED) is 0.187. The van der Waals surface area contributed by atoms with Crippen molar-refractivity contribution >= 4 is 35.2 Å². The molecule has 0 bridgehead atoms. The van der Waals surface area contributed by atoms with Crippen LogP contribution in [0.3, 0.4) is 0 Å². The zero-order valence-electron chi connectivity index (χ0n) is 27.4. The van der Waals surface area contributed by atoms with E-state index in [0.29, 0.717) is 13.2 Å². The van der Waals surface area contributed by atoms with Crippen molar-refractivity contribution in [2.45, 2.75) is 72.9 Å². The van der Waals surface area contributed by atoms with Gasteiger partial charge in [0.2, 0.25) is 0 Å². The topological polar surface area (TPSA) is 181 Å². The Bertz CT molecular complexity index is 1830. The van der Waals surface area contributed by atoms with Gasteiger partial charge in [-0.1, -0.05) is 59.7 Å². The molecule has 2 aliphatic rings. The predicted molar refractivity (Wildman–Crippen MR) is 190 cm³/mol. The summed E-state index contributed by atoms with van der Waals surface area (Å²) in [7, 11) is 0. The molecule has 2 aromatic heterocycles. The minimum Gasteiger partial charge on any atom is -0.395 e. The third kappa shape index (κ3) is 9.10. The van der Waals surface area contributed by atoms with Crippen molar-refractivity contribution in [1.29, 1.82) is 0 Å². The summed E-state index contributed by atoms with van der Waals surface area (Å²) in [6, 6.07) is 18.9. The highest BCUT2D eigenvalue weighted by atomic mass is 32.2. The number of aromatic nitrogens is 4. The number of aliphatic hydroxyl groups excluding tert-OH is 2. The Labute approximate surface area is 295 Å². The first-order valence-electron chi connectivity index (χ1n) is 15.8. The molecule has 4 heterocycles.